The third-order valence-corrected chi connectivity index (χ3v) is 9.01. The van der Waals surface area contributed by atoms with Crippen LogP contribution in [0.1, 0.15) is 80.9 Å². The van der Waals surface area contributed by atoms with Crippen molar-refractivity contribution in [2.24, 2.45) is 5.41 Å². The van der Waals surface area contributed by atoms with Crippen molar-refractivity contribution in [1.82, 2.24) is 19.9 Å². The number of likely N-dealkylation sites (N-methyl/N-ethyl adjacent to an activating group) is 1. The molecule has 1 unspecified atom stereocenters. The van der Waals surface area contributed by atoms with E-state index in [4.69, 9.17) is 14.1 Å². The summed E-state index contributed by atoms with van der Waals surface area (Å²) in [5.74, 6) is 0.728. The molecule has 188 valence electrons. The summed E-state index contributed by atoms with van der Waals surface area (Å²) < 4.78 is 12.0. The molecule has 2 aromatic carbocycles. The summed E-state index contributed by atoms with van der Waals surface area (Å²) in [6, 6.07) is 10.1. The number of carbonyl (C=O) groups is 1. The van der Waals surface area contributed by atoms with Crippen molar-refractivity contribution in [3.63, 3.8) is 0 Å². The van der Waals surface area contributed by atoms with Crippen LogP contribution in [0, 0.1) is 5.41 Å². The Morgan fingerprint density at radius 2 is 2.00 bits per heavy atom. The SMILES string of the molecule is CCN(C(=O)c1ccc2nc[nH]c2c1)[C@@H]1Cc2cc3oc(C4CCCO4)nc3cc2C(C)(C)C1(C)C. The average Bonchev–Trinajstić information content (AvgIpc) is 3.61. The molecule has 1 saturated heterocycles. The number of carbonyl (C=O) groups excluding carboxylic acids is 1. The van der Waals surface area contributed by atoms with Crippen LogP contribution in [0.15, 0.2) is 41.1 Å². The van der Waals surface area contributed by atoms with E-state index in [1.807, 2.05) is 23.1 Å². The number of benzene rings is 2. The molecule has 0 spiro atoms. The molecule has 36 heavy (non-hydrogen) atoms. The van der Waals surface area contributed by atoms with Gasteiger partial charge in [0.1, 0.15) is 11.6 Å². The number of aromatic amines is 1. The number of fused-ring (bicyclic) bond motifs is 3. The largest absolute Gasteiger partial charge is 0.438 e. The van der Waals surface area contributed by atoms with Gasteiger partial charge in [0.05, 0.1) is 17.4 Å². The standard InChI is InChI=1S/C29H34N4O3/c1-6-33(27(34)17-9-10-20-21(12-17)31-16-30-20)25-14-18-13-24-22(15-19(18)28(2,3)29(25,4)5)32-26(36-24)23-8-7-11-35-23/h9-10,12-13,15-16,23,25H,6-8,11,14H2,1-5H3,(H,30,31)/t23?,25-/m1/s1. The number of hydrogen-bond acceptors (Lipinski definition) is 5. The Labute approximate surface area is 211 Å². The number of aromatic nitrogens is 3. The third kappa shape index (κ3) is 3.39. The monoisotopic (exact) mass is 486 g/mol. The molecule has 1 N–H and O–H groups in total. The summed E-state index contributed by atoms with van der Waals surface area (Å²) in [5.41, 5.74) is 6.24. The van der Waals surface area contributed by atoms with Gasteiger partial charge in [-0.2, -0.15) is 0 Å². The molecule has 1 fully saturated rings. The zero-order valence-corrected chi connectivity index (χ0v) is 21.7. The minimum absolute atomic E-state index is 0.0213. The summed E-state index contributed by atoms with van der Waals surface area (Å²) >= 11 is 0. The van der Waals surface area contributed by atoms with Crippen molar-refractivity contribution < 1.29 is 13.9 Å². The van der Waals surface area contributed by atoms with Crippen molar-refractivity contribution in [2.45, 2.75) is 71.4 Å². The number of hydrogen-bond donors (Lipinski definition) is 1. The van der Waals surface area contributed by atoms with Crippen LogP contribution in [-0.4, -0.2) is 45.0 Å². The third-order valence-electron chi connectivity index (χ3n) is 9.01. The molecule has 0 radical (unpaired) electrons. The highest BCUT2D eigenvalue weighted by Crippen LogP contribution is 2.52. The average molecular weight is 487 g/mol. The summed E-state index contributed by atoms with van der Waals surface area (Å²) in [7, 11) is 0. The molecule has 1 aliphatic heterocycles. The number of nitrogens with zero attached hydrogens (tertiary/aromatic N) is 3. The first-order valence-corrected chi connectivity index (χ1v) is 13.0. The second-order valence-corrected chi connectivity index (χ2v) is 11.3. The van der Waals surface area contributed by atoms with Crippen molar-refractivity contribution in [3.8, 4) is 0 Å². The minimum Gasteiger partial charge on any atom is -0.438 e. The number of ether oxygens (including phenoxy) is 1. The minimum atomic E-state index is -0.191. The molecule has 7 heteroatoms. The number of amides is 1. The number of rotatable bonds is 4. The predicted octanol–water partition coefficient (Wildman–Crippen LogP) is 5.95. The van der Waals surface area contributed by atoms with E-state index in [0.717, 1.165) is 48.0 Å². The maximum absolute atomic E-state index is 13.9. The molecular formula is C29H34N4O3. The molecule has 1 amide bonds. The molecule has 1 aliphatic carbocycles. The van der Waals surface area contributed by atoms with Crippen LogP contribution in [-0.2, 0) is 16.6 Å². The smallest absolute Gasteiger partial charge is 0.254 e. The Bertz CT molecular complexity index is 1460. The van der Waals surface area contributed by atoms with E-state index in [1.54, 1.807) is 6.33 Å². The maximum Gasteiger partial charge on any atom is 0.254 e. The van der Waals surface area contributed by atoms with E-state index in [-0.39, 0.29) is 28.9 Å². The van der Waals surface area contributed by atoms with Gasteiger partial charge in [0, 0.05) is 24.8 Å². The summed E-state index contributed by atoms with van der Waals surface area (Å²) in [4.78, 5) is 28.1. The Balaban J connectivity index is 1.40. The van der Waals surface area contributed by atoms with Gasteiger partial charge in [-0.25, -0.2) is 9.97 Å². The van der Waals surface area contributed by atoms with E-state index in [1.165, 1.54) is 11.1 Å². The van der Waals surface area contributed by atoms with Crippen LogP contribution in [0.4, 0.5) is 0 Å². The fourth-order valence-corrected chi connectivity index (χ4v) is 6.16. The van der Waals surface area contributed by atoms with Gasteiger partial charge in [-0.15, -0.1) is 0 Å². The highest BCUT2D eigenvalue weighted by atomic mass is 16.5. The topological polar surface area (TPSA) is 84.2 Å². The molecule has 0 saturated carbocycles. The number of nitrogens with one attached hydrogen (secondary N) is 1. The molecule has 7 nitrogen and oxygen atoms in total. The first-order chi connectivity index (χ1) is 17.2. The predicted molar refractivity (Wildman–Crippen MR) is 139 cm³/mol. The van der Waals surface area contributed by atoms with Gasteiger partial charge in [0.25, 0.3) is 5.91 Å². The van der Waals surface area contributed by atoms with Gasteiger partial charge < -0.3 is 19.0 Å². The fourth-order valence-electron chi connectivity index (χ4n) is 6.16. The first-order valence-electron chi connectivity index (χ1n) is 13.0. The van der Waals surface area contributed by atoms with Crippen LogP contribution < -0.4 is 0 Å². The Kier molecular flexibility index (Phi) is 5.27. The van der Waals surface area contributed by atoms with Crippen LogP contribution in [0.2, 0.25) is 0 Å². The van der Waals surface area contributed by atoms with Crippen LogP contribution >= 0.6 is 0 Å². The summed E-state index contributed by atoms with van der Waals surface area (Å²) in [6.45, 7) is 12.6. The normalized spacial score (nSPS) is 22.7. The van der Waals surface area contributed by atoms with Gasteiger partial charge in [-0.05, 0) is 78.5 Å². The van der Waals surface area contributed by atoms with Crippen LogP contribution in [0.5, 0.6) is 0 Å². The lowest BCUT2D eigenvalue weighted by Gasteiger charge is -2.55. The van der Waals surface area contributed by atoms with Crippen LogP contribution in [0.25, 0.3) is 22.1 Å². The molecule has 4 aromatic rings. The van der Waals surface area contributed by atoms with Crippen molar-refractivity contribution >= 4 is 28.0 Å². The van der Waals surface area contributed by atoms with Gasteiger partial charge in [-0.3, -0.25) is 4.79 Å². The Morgan fingerprint density at radius 1 is 1.17 bits per heavy atom. The lowest BCUT2D eigenvalue weighted by atomic mass is 9.55. The summed E-state index contributed by atoms with van der Waals surface area (Å²) in [6.07, 6.45) is 4.37. The quantitative estimate of drug-likeness (QED) is 0.386. The highest BCUT2D eigenvalue weighted by molar-refractivity contribution is 5.97. The van der Waals surface area contributed by atoms with Gasteiger partial charge in [-0.1, -0.05) is 27.7 Å². The second-order valence-electron chi connectivity index (χ2n) is 11.3. The van der Waals surface area contributed by atoms with Gasteiger partial charge in [0.2, 0.25) is 5.89 Å². The molecule has 2 aromatic heterocycles. The Morgan fingerprint density at radius 3 is 2.75 bits per heavy atom. The van der Waals surface area contributed by atoms with E-state index in [9.17, 15) is 4.79 Å². The zero-order chi connectivity index (χ0) is 25.2. The Hall–Kier alpha value is -3.19. The zero-order valence-electron chi connectivity index (χ0n) is 21.7. The molecule has 0 bridgehead atoms. The van der Waals surface area contributed by atoms with E-state index >= 15 is 0 Å². The number of oxazole rings is 1. The van der Waals surface area contributed by atoms with Crippen molar-refractivity contribution in [1.29, 1.82) is 0 Å². The molecule has 3 heterocycles. The van der Waals surface area contributed by atoms with Gasteiger partial charge in [0.15, 0.2) is 5.58 Å². The second kappa shape index (κ2) is 8.17. The van der Waals surface area contributed by atoms with Crippen LogP contribution in [0.3, 0.4) is 0 Å². The van der Waals surface area contributed by atoms with Crippen molar-refractivity contribution in [2.75, 3.05) is 13.2 Å². The number of H-pyrrole nitrogens is 1. The molecular weight excluding hydrogens is 452 g/mol. The van der Waals surface area contributed by atoms with E-state index < -0.39 is 0 Å². The molecule has 2 atom stereocenters. The maximum atomic E-state index is 13.9. The lowest BCUT2D eigenvalue weighted by molar-refractivity contribution is 0.0215. The van der Waals surface area contributed by atoms with E-state index in [2.05, 4.69) is 56.7 Å². The summed E-state index contributed by atoms with van der Waals surface area (Å²) in [5, 5.41) is 0. The van der Waals surface area contributed by atoms with Crippen molar-refractivity contribution in [3.05, 3.63) is 59.2 Å². The first kappa shape index (κ1) is 23.2. The fraction of sp³-hybridized carbons (Fsp3) is 0.483. The van der Waals surface area contributed by atoms with E-state index in [0.29, 0.717) is 18.0 Å². The molecule has 2 aliphatic rings. The highest BCUT2D eigenvalue weighted by Gasteiger charge is 2.51. The number of imidazole rings is 1. The molecule has 6 rings (SSSR count). The lowest BCUT2D eigenvalue weighted by Crippen LogP contribution is -2.58. The van der Waals surface area contributed by atoms with Gasteiger partial charge >= 0.3 is 0 Å².